The Bertz CT molecular complexity index is 1130. The molecule has 1 aromatic heterocycles. The van der Waals surface area contributed by atoms with Crippen LogP contribution in [-0.4, -0.2) is 66.9 Å². The molecular weight excluding hydrogens is 438 g/mol. The summed E-state index contributed by atoms with van der Waals surface area (Å²) in [4.78, 5) is 22.6. The number of carbonyl (C=O) groups excluding carboxylic acids is 1. The molecule has 2 aromatic rings. The SMILES string of the molecule is CC(=O)N[C@@H]1[C@@H](O)[C@H](O)[C@@H](COS(=O)(=O)Oc2ccc3c(C)cc(=O)oc3c2)O[C@H]1O. The van der Waals surface area contributed by atoms with Crippen molar-refractivity contribution in [3.63, 3.8) is 0 Å². The van der Waals surface area contributed by atoms with Crippen LogP contribution in [-0.2, 0) is 24.1 Å². The zero-order chi connectivity index (χ0) is 22.9. The van der Waals surface area contributed by atoms with Gasteiger partial charge >= 0.3 is 16.0 Å². The van der Waals surface area contributed by atoms with Crippen molar-refractivity contribution in [1.82, 2.24) is 5.32 Å². The molecule has 170 valence electrons. The zero-order valence-electron chi connectivity index (χ0n) is 16.4. The first-order valence-electron chi connectivity index (χ1n) is 9.07. The van der Waals surface area contributed by atoms with Gasteiger partial charge in [0, 0.05) is 24.4 Å². The second-order valence-electron chi connectivity index (χ2n) is 6.96. The average Bonchev–Trinajstić information content (AvgIpc) is 2.66. The highest BCUT2D eigenvalue weighted by molar-refractivity contribution is 7.82. The second-order valence-corrected chi connectivity index (χ2v) is 8.17. The summed E-state index contributed by atoms with van der Waals surface area (Å²) in [6.07, 6.45) is -6.47. The molecule has 12 nitrogen and oxygen atoms in total. The summed E-state index contributed by atoms with van der Waals surface area (Å²) >= 11 is 0. The van der Waals surface area contributed by atoms with Crippen LogP contribution in [0.2, 0.25) is 0 Å². The molecule has 3 rings (SSSR count). The van der Waals surface area contributed by atoms with Gasteiger partial charge in [-0.1, -0.05) is 0 Å². The van der Waals surface area contributed by atoms with Gasteiger partial charge in [-0.15, -0.1) is 0 Å². The van der Waals surface area contributed by atoms with Gasteiger partial charge in [0.05, 0.1) is 6.61 Å². The highest BCUT2D eigenvalue weighted by Gasteiger charge is 2.45. The molecule has 1 saturated heterocycles. The molecule has 0 spiro atoms. The van der Waals surface area contributed by atoms with Crippen LogP contribution in [0.5, 0.6) is 5.75 Å². The molecule has 0 aliphatic carbocycles. The number of rotatable bonds is 6. The number of nitrogens with one attached hydrogen (secondary N) is 1. The lowest BCUT2D eigenvalue weighted by Crippen LogP contribution is -2.64. The molecule has 13 heteroatoms. The summed E-state index contributed by atoms with van der Waals surface area (Å²) in [5.41, 5.74) is 0.133. The standard InChI is InChI=1S/C18H21NO11S/c1-8-5-14(21)28-12-6-10(3-4-11(8)12)30-31(25,26)27-7-13-16(22)17(23)15(18(24)29-13)19-9(2)20/h3-6,13,15-18,22-24H,7H2,1-2H3,(H,19,20)/t13-,15-,16-,17-,18-/m1/s1. The summed E-state index contributed by atoms with van der Waals surface area (Å²) in [5, 5.41) is 32.9. The zero-order valence-corrected chi connectivity index (χ0v) is 17.2. The highest BCUT2D eigenvalue weighted by Crippen LogP contribution is 2.24. The topological polar surface area (TPSA) is 182 Å². The van der Waals surface area contributed by atoms with E-state index in [0.717, 1.165) is 6.92 Å². The quantitative estimate of drug-likeness (QED) is 0.376. The van der Waals surface area contributed by atoms with Gasteiger partial charge in [0.2, 0.25) is 5.91 Å². The van der Waals surface area contributed by atoms with Gasteiger partial charge in [0.1, 0.15) is 35.7 Å². The van der Waals surface area contributed by atoms with Gasteiger partial charge in [0.25, 0.3) is 0 Å². The molecule has 2 heterocycles. The molecule has 0 radical (unpaired) electrons. The predicted octanol–water partition coefficient (Wildman–Crippen LogP) is -1.31. The van der Waals surface area contributed by atoms with Gasteiger partial charge in [-0.25, -0.2) is 8.98 Å². The van der Waals surface area contributed by atoms with Crippen molar-refractivity contribution in [3.8, 4) is 5.75 Å². The first-order chi connectivity index (χ1) is 14.5. The largest absolute Gasteiger partial charge is 0.449 e. The molecule has 1 fully saturated rings. The molecule has 1 aliphatic rings. The lowest BCUT2D eigenvalue weighted by Gasteiger charge is -2.40. The number of aryl methyl sites for hydroxylation is 1. The van der Waals surface area contributed by atoms with Crippen molar-refractivity contribution in [2.24, 2.45) is 0 Å². The maximum atomic E-state index is 12.1. The molecule has 1 aliphatic heterocycles. The Hall–Kier alpha value is -2.55. The van der Waals surface area contributed by atoms with Crippen LogP contribution in [0.1, 0.15) is 12.5 Å². The molecule has 4 N–H and O–H groups in total. The van der Waals surface area contributed by atoms with Crippen molar-refractivity contribution in [1.29, 1.82) is 0 Å². The molecule has 0 saturated carbocycles. The van der Waals surface area contributed by atoms with E-state index in [9.17, 15) is 33.3 Å². The smallest absolute Gasteiger partial charge is 0.423 e. The molecule has 5 atom stereocenters. The molecule has 1 aromatic carbocycles. The first-order valence-corrected chi connectivity index (χ1v) is 10.4. The molecule has 0 bridgehead atoms. The summed E-state index contributed by atoms with van der Waals surface area (Å²) in [6.45, 7) is 2.03. The van der Waals surface area contributed by atoms with E-state index in [-0.39, 0.29) is 11.3 Å². The second kappa shape index (κ2) is 8.90. The van der Waals surface area contributed by atoms with Crippen LogP contribution in [0.3, 0.4) is 0 Å². The van der Waals surface area contributed by atoms with Crippen LogP contribution >= 0.6 is 0 Å². The van der Waals surface area contributed by atoms with Crippen LogP contribution in [0, 0.1) is 6.92 Å². The number of fused-ring (bicyclic) bond motifs is 1. The third-order valence-electron chi connectivity index (χ3n) is 4.59. The van der Waals surface area contributed by atoms with Crippen molar-refractivity contribution in [2.45, 2.75) is 44.5 Å². The Labute approximate surface area is 176 Å². The van der Waals surface area contributed by atoms with E-state index in [0.29, 0.717) is 10.9 Å². The minimum atomic E-state index is -4.66. The van der Waals surface area contributed by atoms with E-state index in [1.807, 2.05) is 0 Å². The minimum Gasteiger partial charge on any atom is -0.423 e. The Balaban J connectivity index is 1.67. The van der Waals surface area contributed by atoms with Crippen molar-refractivity contribution in [2.75, 3.05) is 6.61 Å². The average molecular weight is 459 g/mol. The Morgan fingerprint density at radius 1 is 1.19 bits per heavy atom. The molecular formula is C18H21NO11S. The number of aliphatic hydroxyl groups excluding tert-OH is 3. The van der Waals surface area contributed by atoms with E-state index in [1.54, 1.807) is 6.92 Å². The third kappa shape index (κ3) is 5.39. The monoisotopic (exact) mass is 459 g/mol. The van der Waals surface area contributed by atoms with Gasteiger partial charge in [0.15, 0.2) is 6.29 Å². The van der Waals surface area contributed by atoms with Crippen LogP contribution in [0.4, 0.5) is 0 Å². The van der Waals surface area contributed by atoms with E-state index in [2.05, 4.69) is 9.50 Å². The Morgan fingerprint density at radius 3 is 2.58 bits per heavy atom. The third-order valence-corrected chi connectivity index (χ3v) is 5.41. The Kier molecular flexibility index (Phi) is 6.64. The summed E-state index contributed by atoms with van der Waals surface area (Å²) in [5.74, 6) is -0.775. The van der Waals surface area contributed by atoms with E-state index in [1.165, 1.54) is 24.3 Å². The maximum absolute atomic E-state index is 12.1. The van der Waals surface area contributed by atoms with Crippen molar-refractivity contribution < 1.29 is 46.1 Å². The number of amides is 1. The lowest BCUT2D eigenvalue weighted by molar-refractivity contribution is -0.252. The Morgan fingerprint density at radius 2 is 1.90 bits per heavy atom. The van der Waals surface area contributed by atoms with Gasteiger partial charge < -0.3 is 34.0 Å². The van der Waals surface area contributed by atoms with Gasteiger partial charge in [-0.3, -0.25) is 4.79 Å². The number of ether oxygens (including phenoxy) is 1. The summed E-state index contributed by atoms with van der Waals surface area (Å²) in [7, 11) is -4.66. The predicted molar refractivity (Wildman–Crippen MR) is 103 cm³/mol. The fourth-order valence-electron chi connectivity index (χ4n) is 3.12. The fraction of sp³-hybridized carbons (Fsp3) is 0.444. The van der Waals surface area contributed by atoms with Crippen molar-refractivity contribution in [3.05, 3.63) is 40.2 Å². The number of carbonyl (C=O) groups is 1. The number of aliphatic hydroxyl groups is 3. The fourth-order valence-corrected chi connectivity index (χ4v) is 3.81. The summed E-state index contributed by atoms with van der Waals surface area (Å²) in [6, 6.07) is 4.00. The van der Waals surface area contributed by atoms with E-state index in [4.69, 9.17) is 13.3 Å². The van der Waals surface area contributed by atoms with Gasteiger partial charge in [-0.05, 0) is 24.6 Å². The summed E-state index contributed by atoms with van der Waals surface area (Å²) < 4.78 is 43.8. The first kappa shape index (κ1) is 23.1. The normalized spacial score (nSPS) is 26.5. The minimum absolute atomic E-state index is 0.110. The maximum Gasteiger partial charge on any atom is 0.449 e. The molecule has 0 unspecified atom stereocenters. The van der Waals surface area contributed by atoms with Crippen molar-refractivity contribution >= 4 is 27.3 Å². The highest BCUT2D eigenvalue weighted by atomic mass is 32.3. The van der Waals surface area contributed by atoms with E-state index < -0.39 is 59.2 Å². The number of hydrogen-bond donors (Lipinski definition) is 4. The van der Waals surface area contributed by atoms with Crippen LogP contribution in [0.15, 0.2) is 33.5 Å². The number of benzene rings is 1. The molecule has 1 amide bonds. The van der Waals surface area contributed by atoms with Crippen LogP contribution in [0.25, 0.3) is 11.0 Å². The van der Waals surface area contributed by atoms with Crippen LogP contribution < -0.4 is 15.1 Å². The molecule has 31 heavy (non-hydrogen) atoms. The van der Waals surface area contributed by atoms with Gasteiger partial charge in [-0.2, -0.15) is 8.42 Å². The lowest BCUT2D eigenvalue weighted by atomic mass is 9.97. The van der Waals surface area contributed by atoms with E-state index >= 15 is 0 Å². The number of hydrogen-bond acceptors (Lipinski definition) is 11.